The second-order valence-electron chi connectivity index (χ2n) is 5.73. The van der Waals surface area contributed by atoms with Crippen LogP contribution < -0.4 is 5.32 Å². The van der Waals surface area contributed by atoms with Crippen LogP contribution in [0.2, 0.25) is 0 Å². The summed E-state index contributed by atoms with van der Waals surface area (Å²) in [5.41, 5.74) is 2.34. The molecule has 2 aromatic rings. The van der Waals surface area contributed by atoms with Crippen molar-refractivity contribution in [3.8, 4) is 0 Å². The lowest BCUT2D eigenvalue weighted by molar-refractivity contribution is 0.568. The van der Waals surface area contributed by atoms with Gasteiger partial charge < -0.3 is 5.32 Å². The van der Waals surface area contributed by atoms with E-state index in [1.54, 1.807) is 12.1 Å². The molecule has 0 amide bonds. The van der Waals surface area contributed by atoms with Crippen molar-refractivity contribution in [2.75, 3.05) is 6.54 Å². The van der Waals surface area contributed by atoms with E-state index >= 15 is 0 Å². The van der Waals surface area contributed by atoms with Crippen molar-refractivity contribution >= 4 is 15.9 Å². The predicted molar refractivity (Wildman–Crippen MR) is 88.0 cm³/mol. The van der Waals surface area contributed by atoms with Crippen LogP contribution in [0.15, 0.2) is 53.0 Å². The van der Waals surface area contributed by atoms with E-state index in [9.17, 15) is 4.39 Å². The summed E-state index contributed by atoms with van der Waals surface area (Å²) in [6, 6.07) is 15.9. The van der Waals surface area contributed by atoms with E-state index in [0.29, 0.717) is 12.0 Å². The molecule has 21 heavy (non-hydrogen) atoms. The van der Waals surface area contributed by atoms with Gasteiger partial charge in [-0.1, -0.05) is 46.3 Å². The van der Waals surface area contributed by atoms with Gasteiger partial charge in [0.15, 0.2) is 0 Å². The van der Waals surface area contributed by atoms with E-state index in [1.165, 1.54) is 24.5 Å². The number of hydrogen-bond acceptors (Lipinski definition) is 1. The molecule has 110 valence electrons. The molecular weight excluding hydrogens is 329 g/mol. The lowest BCUT2D eigenvalue weighted by Crippen LogP contribution is -2.25. The van der Waals surface area contributed by atoms with Gasteiger partial charge in [0.05, 0.1) is 0 Å². The van der Waals surface area contributed by atoms with Crippen molar-refractivity contribution in [2.24, 2.45) is 0 Å². The smallest absolute Gasteiger partial charge is 0.123 e. The van der Waals surface area contributed by atoms with E-state index < -0.39 is 0 Å². The SMILES string of the molecule is Fc1cccc(C(CNC2CC2)Cc2ccccc2Br)c1. The normalized spacial score (nSPS) is 15.9. The molecule has 1 aliphatic carbocycles. The van der Waals surface area contributed by atoms with Crippen molar-refractivity contribution in [3.05, 3.63) is 69.9 Å². The molecule has 1 aliphatic rings. The molecule has 1 unspecified atom stereocenters. The fraction of sp³-hybridized carbons (Fsp3) is 0.333. The first-order chi connectivity index (χ1) is 10.2. The Bertz CT molecular complexity index is 610. The van der Waals surface area contributed by atoms with Crippen LogP contribution in [0.5, 0.6) is 0 Å². The Balaban J connectivity index is 1.79. The second kappa shape index (κ2) is 6.71. The molecule has 1 atom stereocenters. The molecule has 1 nitrogen and oxygen atoms in total. The highest BCUT2D eigenvalue weighted by Crippen LogP contribution is 2.27. The number of nitrogens with one attached hydrogen (secondary N) is 1. The molecule has 0 bridgehead atoms. The summed E-state index contributed by atoms with van der Waals surface area (Å²) in [6.45, 7) is 0.898. The van der Waals surface area contributed by atoms with Crippen LogP contribution in [-0.4, -0.2) is 12.6 Å². The maximum absolute atomic E-state index is 13.5. The van der Waals surface area contributed by atoms with Crippen LogP contribution >= 0.6 is 15.9 Å². The van der Waals surface area contributed by atoms with E-state index in [0.717, 1.165) is 23.0 Å². The summed E-state index contributed by atoms with van der Waals surface area (Å²) in [5, 5.41) is 3.58. The molecule has 0 radical (unpaired) electrons. The molecular formula is C18H19BrFN. The Labute approximate surface area is 133 Å². The molecule has 1 saturated carbocycles. The minimum absolute atomic E-state index is 0.156. The maximum atomic E-state index is 13.5. The average molecular weight is 348 g/mol. The molecule has 3 heteroatoms. The van der Waals surface area contributed by atoms with Crippen LogP contribution in [0.25, 0.3) is 0 Å². The van der Waals surface area contributed by atoms with Gasteiger partial charge in [-0.15, -0.1) is 0 Å². The lowest BCUT2D eigenvalue weighted by Gasteiger charge is -2.19. The van der Waals surface area contributed by atoms with E-state index in [2.05, 4.69) is 39.4 Å². The standard InChI is InChI=1S/C18H19BrFN/c19-18-7-2-1-4-14(18)10-15(12-21-17-8-9-17)13-5-3-6-16(20)11-13/h1-7,11,15,17,21H,8-10,12H2. The van der Waals surface area contributed by atoms with Gasteiger partial charge in [0.2, 0.25) is 0 Å². The molecule has 0 aliphatic heterocycles. The zero-order valence-electron chi connectivity index (χ0n) is 11.9. The Hall–Kier alpha value is -1.19. The van der Waals surface area contributed by atoms with Crippen molar-refractivity contribution in [3.63, 3.8) is 0 Å². The molecule has 1 N–H and O–H groups in total. The van der Waals surface area contributed by atoms with Crippen molar-refractivity contribution < 1.29 is 4.39 Å². The topological polar surface area (TPSA) is 12.0 Å². The Morgan fingerprint density at radius 2 is 1.95 bits per heavy atom. The Kier molecular flexibility index (Phi) is 4.71. The minimum Gasteiger partial charge on any atom is -0.313 e. The fourth-order valence-corrected chi connectivity index (χ4v) is 3.04. The molecule has 0 saturated heterocycles. The minimum atomic E-state index is -0.156. The molecule has 0 aromatic heterocycles. The van der Waals surface area contributed by atoms with Gasteiger partial charge in [-0.05, 0) is 48.6 Å². The van der Waals surface area contributed by atoms with Crippen molar-refractivity contribution in [2.45, 2.75) is 31.2 Å². The number of benzene rings is 2. The van der Waals surface area contributed by atoms with Crippen LogP contribution in [-0.2, 0) is 6.42 Å². The van der Waals surface area contributed by atoms with Gasteiger partial charge in [-0.25, -0.2) is 4.39 Å². The van der Waals surface area contributed by atoms with E-state index in [1.807, 2.05) is 12.1 Å². The summed E-state index contributed by atoms with van der Waals surface area (Å²) >= 11 is 3.61. The number of rotatable bonds is 6. The monoisotopic (exact) mass is 347 g/mol. The first-order valence-electron chi connectivity index (χ1n) is 7.44. The quantitative estimate of drug-likeness (QED) is 0.800. The first kappa shape index (κ1) is 14.7. The summed E-state index contributed by atoms with van der Waals surface area (Å²) in [6.07, 6.45) is 3.44. The predicted octanol–water partition coefficient (Wildman–Crippen LogP) is 4.67. The van der Waals surface area contributed by atoms with Crippen LogP contribution in [0, 0.1) is 5.82 Å². The van der Waals surface area contributed by atoms with Crippen LogP contribution in [0.1, 0.15) is 29.9 Å². The van der Waals surface area contributed by atoms with Crippen LogP contribution in [0.3, 0.4) is 0 Å². The molecule has 1 fully saturated rings. The summed E-state index contributed by atoms with van der Waals surface area (Å²) in [4.78, 5) is 0. The highest BCUT2D eigenvalue weighted by Gasteiger charge is 2.23. The summed E-state index contributed by atoms with van der Waals surface area (Å²) < 4.78 is 14.7. The van der Waals surface area contributed by atoms with Crippen molar-refractivity contribution in [1.29, 1.82) is 0 Å². The summed E-state index contributed by atoms with van der Waals surface area (Å²) in [5.74, 6) is 0.135. The number of halogens is 2. The highest BCUT2D eigenvalue weighted by molar-refractivity contribution is 9.10. The van der Waals surface area contributed by atoms with E-state index in [4.69, 9.17) is 0 Å². The van der Waals surface area contributed by atoms with Crippen molar-refractivity contribution in [1.82, 2.24) is 5.32 Å². The van der Waals surface area contributed by atoms with Crippen LogP contribution in [0.4, 0.5) is 4.39 Å². The Morgan fingerprint density at radius 3 is 2.67 bits per heavy atom. The Morgan fingerprint density at radius 1 is 1.14 bits per heavy atom. The zero-order valence-corrected chi connectivity index (χ0v) is 13.4. The van der Waals surface area contributed by atoms with Gasteiger partial charge in [0, 0.05) is 23.0 Å². The molecule has 0 spiro atoms. The van der Waals surface area contributed by atoms with Gasteiger partial charge in [0.25, 0.3) is 0 Å². The van der Waals surface area contributed by atoms with Gasteiger partial charge in [-0.2, -0.15) is 0 Å². The largest absolute Gasteiger partial charge is 0.313 e. The second-order valence-corrected chi connectivity index (χ2v) is 6.58. The summed E-state index contributed by atoms with van der Waals surface area (Å²) in [7, 11) is 0. The van der Waals surface area contributed by atoms with E-state index in [-0.39, 0.29) is 5.82 Å². The third-order valence-corrected chi connectivity index (χ3v) is 4.75. The average Bonchev–Trinajstić information content (AvgIpc) is 3.29. The van der Waals surface area contributed by atoms with Gasteiger partial charge in [0.1, 0.15) is 5.82 Å². The van der Waals surface area contributed by atoms with Gasteiger partial charge >= 0.3 is 0 Å². The molecule has 2 aromatic carbocycles. The number of hydrogen-bond donors (Lipinski definition) is 1. The first-order valence-corrected chi connectivity index (χ1v) is 8.24. The third-order valence-electron chi connectivity index (χ3n) is 3.97. The molecule has 3 rings (SSSR count). The molecule has 0 heterocycles. The third kappa shape index (κ3) is 4.14. The van der Waals surface area contributed by atoms with Gasteiger partial charge in [-0.3, -0.25) is 0 Å². The fourth-order valence-electron chi connectivity index (χ4n) is 2.59. The lowest BCUT2D eigenvalue weighted by atomic mass is 9.91. The highest BCUT2D eigenvalue weighted by atomic mass is 79.9. The zero-order chi connectivity index (χ0) is 14.7. The maximum Gasteiger partial charge on any atom is 0.123 e.